The first-order chi connectivity index (χ1) is 16.9. The van der Waals surface area contributed by atoms with E-state index in [1.165, 1.54) is 43.5 Å². The number of carbonyl (C=O) groups excluding carboxylic acids is 1. The number of pyridine rings is 1. The van der Waals surface area contributed by atoms with Gasteiger partial charge in [-0.2, -0.15) is 0 Å². The van der Waals surface area contributed by atoms with Crippen LogP contribution in [0.2, 0.25) is 0 Å². The molecule has 0 saturated heterocycles. The van der Waals surface area contributed by atoms with E-state index in [1.807, 2.05) is 30.3 Å². The summed E-state index contributed by atoms with van der Waals surface area (Å²) >= 11 is 0. The monoisotopic (exact) mass is 467 g/mol. The van der Waals surface area contributed by atoms with Gasteiger partial charge in [-0.3, -0.25) is 14.9 Å². The topological polar surface area (TPSA) is 98.1 Å². The maximum Gasteiger partial charge on any atom is 0.269 e. The Balaban J connectivity index is 1.61. The molecule has 5 rings (SSSR count). The largest absolute Gasteiger partial charge is 0.494 e. The lowest BCUT2D eigenvalue weighted by Gasteiger charge is -2.08. The molecule has 35 heavy (non-hydrogen) atoms. The Labute approximate surface area is 198 Å². The number of hydrogen-bond donors (Lipinski definition) is 1. The second-order valence-corrected chi connectivity index (χ2v) is 7.84. The van der Waals surface area contributed by atoms with Gasteiger partial charge in [0.2, 0.25) is 0 Å². The minimum absolute atomic E-state index is 0.0867. The lowest BCUT2D eigenvalue weighted by atomic mass is 10.1. The number of methoxy groups -OCH3 is 1. The van der Waals surface area contributed by atoms with Crippen molar-refractivity contribution in [1.82, 2.24) is 9.97 Å². The maximum atomic E-state index is 14.0. The van der Waals surface area contributed by atoms with Gasteiger partial charge in [0.25, 0.3) is 5.69 Å². The van der Waals surface area contributed by atoms with Crippen molar-refractivity contribution >= 4 is 39.4 Å². The van der Waals surface area contributed by atoms with Gasteiger partial charge in [-0.05, 0) is 54.6 Å². The van der Waals surface area contributed by atoms with Gasteiger partial charge in [-0.25, -0.2) is 9.37 Å². The van der Waals surface area contributed by atoms with Crippen molar-refractivity contribution in [2.45, 2.75) is 0 Å². The molecule has 0 aliphatic heterocycles. The third-order valence-electron chi connectivity index (χ3n) is 5.71. The van der Waals surface area contributed by atoms with Gasteiger partial charge in [0.15, 0.2) is 17.3 Å². The number of carbonyl (C=O) groups is 1. The summed E-state index contributed by atoms with van der Waals surface area (Å²) in [6.45, 7) is 0. The van der Waals surface area contributed by atoms with Gasteiger partial charge < -0.3 is 9.72 Å². The van der Waals surface area contributed by atoms with Crippen LogP contribution in [0, 0.1) is 15.9 Å². The molecule has 0 atom stereocenters. The number of nitro benzene ring substituents is 1. The third kappa shape index (κ3) is 4.13. The summed E-state index contributed by atoms with van der Waals surface area (Å²) in [6.07, 6.45) is 2.97. The van der Waals surface area contributed by atoms with E-state index < -0.39 is 10.7 Å². The van der Waals surface area contributed by atoms with Crippen LogP contribution < -0.4 is 4.74 Å². The fourth-order valence-electron chi connectivity index (χ4n) is 3.97. The number of benzene rings is 3. The first kappa shape index (κ1) is 22.0. The lowest BCUT2D eigenvalue weighted by molar-refractivity contribution is -0.384. The average molecular weight is 467 g/mol. The molecule has 2 heterocycles. The first-order valence-electron chi connectivity index (χ1n) is 10.7. The fraction of sp³-hybridized carbons (Fsp3) is 0.0370. The smallest absolute Gasteiger partial charge is 0.269 e. The Kier molecular flexibility index (Phi) is 5.54. The van der Waals surface area contributed by atoms with E-state index in [0.29, 0.717) is 22.5 Å². The van der Waals surface area contributed by atoms with Crippen molar-refractivity contribution in [2.24, 2.45) is 0 Å². The SMILES string of the molecule is COc1cc(-c2nc(/C=C/C(=O)c3ccc([N+](=O)[O-])cc3)cc3c2[nH]c2ccccc23)ccc1F. The van der Waals surface area contributed by atoms with Crippen molar-refractivity contribution in [3.63, 3.8) is 0 Å². The summed E-state index contributed by atoms with van der Waals surface area (Å²) in [5, 5.41) is 12.7. The van der Waals surface area contributed by atoms with Crippen LogP contribution in [0.3, 0.4) is 0 Å². The van der Waals surface area contributed by atoms with Crippen molar-refractivity contribution in [1.29, 1.82) is 0 Å². The molecule has 3 aromatic carbocycles. The van der Waals surface area contributed by atoms with Crippen molar-refractivity contribution in [2.75, 3.05) is 7.11 Å². The highest BCUT2D eigenvalue weighted by atomic mass is 19.1. The second kappa shape index (κ2) is 8.83. The molecular formula is C27H18FN3O4. The van der Waals surface area contributed by atoms with Crippen LogP contribution in [-0.2, 0) is 0 Å². The molecule has 5 aromatic rings. The number of ketones is 1. The molecule has 0 saturated carbocycles. The highest BCUT2D eigenvalue weighted by molar-refractivity contribution is 6.12. The van der Waals surface area contributed by atoms with Crippen molar-refractivity contribution < 1.29 is 18.8 Å². The molecule has 0 aliphatic carbocycles. The Morgan fingerprint density at radius 1 is 1.06 bits per heavy atom. The number of halogens is 1. The molecule has 8 heteroatoms. The normalized spacial score (nSPS) is 11.4. The van der Waals surface area contributed by atoms with Crippen LogP contribution in [0.5, 0.6) is 5.75 Å². The lowest BCUT2D eigenvalue weighted by Crippen LogP contribution is -1.96. The number of nitrogens with one attached hydrogen (secondary N) is 1. The van der Waals surface area contributed by atoms with Crippen LogP contribution in [0.1, 0.15) is 16.1 Å². The first-order valence-corrected chi connectivity index (χ1v) is 10.7. The third-order valence-corrected chi connectivity index (χ3v) is 5.71. The number of fused-ring (bicyclic) bond motifs is 3. The molecule has 172 valence electrons. The number of aromatic nitrogens is 2. The molecule has 0 bridgehead atoms. The zero-order valence-electron chi connectivity index (χ0n) is 18.5. The molecular weight excluding hydrogens is 449 g/mol. The van der Waals surface area contributed by atoms with Crippen LogP contribution in [-0.4, -0.2) is 27.8 Å². The summed E-state index contributed by atoms with van der Waals surface area (Å²) in [5.41, 5.74) is 3.69. The minimum atomic E-state index is -0.517. The number of nitrogens with zero attached hydrogens (tertiary/aromatic N) is 2. The molecule has 1 N–H and O–H groups in total. The molecule has 0 spiro atoms. The van der Waals surface area contributed by atoms with Gasteiger partial charge in [0.1, 0.15) is 0 Å². The van der Waals surface area contributed by atoms with Crippen LogP contribution in [0.15, 0.2) is 78.9 Å². The number of H-pyrrole nitrogens is 1. The number of nitro groups is 1. The zero-order chi connectivity index (χ0) is 24.5. The molecule has 0 aliphatic rings. The van der Waals surface area contributed by atoms with Crippen LogP contribution >= 0.6 is 0 Å². The van der Waals surface area contributed by atoms with Crippen LogP contribution in [0.4, 0.5) is 10.1 Å². The van der Waals surface area contributed by atoms with Gasteiger partial charge >= 0.3 is 0 Å². The van der Waals surface area contributed by atoms with E-state index >= 15 is 0 Å². The van der Waals surface area contributed by atoms with E-state index in [0.717, 1.165) is 21.8 Å². The van der Waals surface area contributed by atoms with E-state index in [2.05, 4.69) is 4.98 Å². The molecule has 2 aromatic heterocycles. The maximum absolute atomic E-state index is 14.0. The van der Waals surface area contributed by atoms with Gasteiger partial charge in [-0.1, -0.05) is 18.2 Å². The fourth-order valence-corrected chi connectivity index (χ4v) is 3.97. The Bertz CT molecular complexity index is 1640. The van der Waals surface area contributed by atoms with Crippen molar-refractivity contribution in [3.05, 3.63) is 106 Å². The zero-order valence-corrected chi connectivity index (χ0v) is 18.5. The van der Waals surface area contributed by atoms with Gasteiger partial charge in [0.05, 0.1) is 28.9 Å². The molecule has 0 unspecified atom stereocenters. The van der Waals surface area contributed by atoms with Gasteiger partial charge in [-0.15, -0.1) is 0 Å². The standard InChI is InChI=1S/C27H18FN3O4/c1-35-25-14-17(8-12-22(25)28)26-27-21(20-4-2-3-5-23(20)30-27)15-18(29-26)9-13-24(32)16-6-10-19(11-7-16)31(33)34/h2-15,30H,1H3/b13-9+. The molecule has 0 amide bonds. The number of allylic oxidation sites excluding steroid dienone is 1. The van der Waals surface area contributed by atoms with E-state index in [4.69, 9.17) is 9.72 Å². The Morgan fingerprint density at radius 3 is 2.57 bits per heavy atom. The summed E-state index contributed by atoms with van der Waals surface area (Å²) < 4.78 is 19.2. The Hall–Kier alpha value is -4.85. The quantitative estimate of drug-likeness (QED) is 0.136. The van der Waals surface area contributed by atoms with Gasteiger partial charge in [0, 0.05) is 39.5 Å². The average Bonchev–Trinajstić information content (AvgIpc) is 3.26. The van der Waals surface area contributed by atoms with Crippen LogP contribution in [0.25, 0.3) is 39.1 Å². The second-order valence-electron chi connectivity index (χ2n) is 7.84. The molecule has 7 nitrogen and oxygen atoms in total. The number of para-hydroxylation sites is 1. The number of ether oxygens (including phenoxy) is 1. The predicted molar refractivity (Wildman–Crippen MR) is 132 cm³/mol. The molecule has 0 fully saturated rings. The van der Waals surface area contributed by atoms with Crippen molar-refractivity contribution in [3.8, 4) is 17.0 Å². The number of aromatic amines is 1. The summed E-state index contributed by atoms with van der Waals surface area (Å²) in [6, 6.07) is 19.6. The summed E-state index contributed by atoms with van der Waals surface area (Å²) in [5.74, 6) is -0.692. The predicted octanol–water partition coefficient (Wildman–Crippen LogP) is 6.34. The number of hydrogen-bond acceptors (Lipinski definition) is 5. The van der Waals surface area contributed by atoms with E-state index in [9.17, 15) is 19.3 Å². The number of rotatable bonds is 6. The van der Waals surface area contributed by atoms with E-state index in [1.54, 1.807) is 18.2 Å². The number of non-ortho nitro benzene ring substituents is 1. The van der Waals surface area contributed by atoms with E-state index in [-0.39, 0.29) is 17.2 Å². The minimum Gasteiger partial charge on any atom is -0.494 e. The Morgan fingerprint density at radius 2 is 1.83 bits per heavy atom. The molecule has 0 radical (unpaired) electrons. The summed E-state index contributed by atoms with van der Waals surface area (Å²) in [7, 11) is 1.40. The summed E-state index contributed by atoms with van der Waals surface area (Å²) in [4.78, 5) is 31.1. The highest BCUT2D eigenvalue weighted by Gasteiger charge is 2.15. The highest BCUT2D eigenvalue weighted by Crippen LogP contribution is 2.34.